The molecule has 0 bridgehead atoms. The number of rotatable bonds is 8. The molecule has 2 fully saturated rings. The van der Waals surface area contributed by atoms with E-state index in [-0.39, 0.29) is 5.91 Å². The zero-order valence-corrected chi connectivity index (χ0v) is 16.7. The van der Waals surface area contributed by atoms with Crippen LogP contribution in [-0.4, -0.2) is 100 Å². The Morgan fingerprint density at radius 3 is 2.85 bits per heavy atom. The predicted octanol–water partition coefficient (Wildman–Crippen LogP) is 0.0857. The monoisotopic (exact) mass is 379 g/mol. The van der Waals surface area contributed by atoms with Crippen LogP contribution in [0, 0.1) is 5.92 Å². The minimum atomic E-state index is 0.163. The lowest BCUT2D eigenvalue weighted by atomic mass is 9.97. The van der Waals surface area contributed by atoms with Crippen LogP contribution < -0.4 is 0 Å². The Bertz CT molecular complexity index is 588. The maximum absolute atomic E-state index is 12.6. The molecule has 0 aliphatic carbocycles. The molecule has 0 N–H and O–H groups in total. The highest BCUT2D eigenvalue weighted by Gasteiger charge is 2.22. The number of carbonyl (C=O) groups is 1. The minimum absolute atomic E-state index is 0.163. The molecule has 0 spiro atoms. The topological polar surface area (TPSA) is 79.6 Å². The molecule has 9 heteroatoms. The highest BCUT2D eigenvalue weighted by atomic mass is 16.5. The summed E-state index contributed by atoms with van der Waals surface area (Å²) in [5.41, 5.74) is 0. The van der Waals surface area contributed by atoms with Crippen molar-refractivity contribution >= 4 is 5.91 Å². The number of carbonyl (C=O) groups excluding carboxylic acids is 1. The number of hydrogen-bond acceptors (Lipinski definition) is 7. The molecule has 1 amide bonds. The first-order chi connectivity index (χ1) is 13.2. The second-order valence-corrected chi connectivity index (χ2v) is 7.63. The summed E-state index contributed by atoms with van der Waals surface area (Å²) >= 11 is 0. The van der Waals surface area contributed by atoms with E-state index in [2.05, 4.69) is 32.2 Å². The van der Waals surface area contributed by atoms with Gasteiger partial charge in [-0.05, 0) is 42.3 Å². The van der Waals surface area contributed by atoms with Crippen molar-refractivity contribution in [3.05, 3.63) is 5.82 Å². The SMILES string of the molecule is CCN1CCCC(CN(C)C(=O)CCn2nnnc2CN2CCOCC2)C1. The van der Waals surface area contributed by atoms with Crippen LogP contribution in [0.15, 0.2) is 0 Å². The van der Waals surface area contributed by atoms with Crippen LogP contribution in [0.3, 0.4) is 0 Å². The largest absolute Gasteiger partial charge is 0.379 e. The van der Waals surface area contributed by atoms with Gasteiger partial charge in [0.2, 0.25) is 5.91 Å². The number of likely N-dealkylation sites (tertiary alicyclic amines) is 1. The lowest BCUT2D eigenvalue weighted by Crippen LogP contribution is -2.41. The van der Waals surface area contributed by atoms with Crippen molar-refractivity contribution in [1.29, 1.82) is 0 Å². The van der Waals surface area contributed by atoms with Gasteiger partial charge in [0.15, 0.2) is 5.82 Å². The highest BCUT2D eigenvalue weighted by molar-refractivity contribution is 5.75. The molecule has 1 atom stereocenters. The molecule has 27 heavy (non-hydrogen) atoms. The van der Waals surface area contributed by atoms with Crippen LogP contribution >= 0.6 is 0 Å². The van der Waals surface area contributed by atoms with Crippen LogP contribution in [0.2, 0.25) is 0 Å². The Balaban J connectivity index is 1.44. The van der Waals surface area contributed by atoms with Crippen molar-refractivity contribution in [2.24, 2.45) is 5.92 Å². The second kappa shape index (κ2) is 10.1. The first-order valence-electron chi connectivity index (χ1n) is 10.2. The Labute approximate surface area is 161 Å². The molecule has 2 aliphatic rings. The van der Waals surface area contributed by atoms with E-state index in [9.17, 15) is 4.79 Å². The maximum atomic E-state index is 12.6. The van der Waals surface area contributed by atoms with E-state index in [1.54, 1.807) is 4.68 Å². The fraction of sp³-hybridized carbons (Fsp3) is 0.889. The summed E-state index contributed by atoms with van der Waals surface area (Å²) in [4.78, 5) is 19.2. The minimum Gasteiger partial charge on any atom is -0.379 e. The number of nitrogens with zero attached hydrogens (tertiary/aromatic N) is 7. The molecule has 3 heterocycles. The van der Waals surface area contributed by atoms with Gasteiger partial charge < -0.3 is 14.5 Å². The third-order valence-corrected chi connectivity index (χ3v) is 5.62. The summed E-state index contributed by atoms with van der Waals surface area (Å²) < 4.78 is 7.14. The number of aromatic nitrogens is 4. The fourth-order valence-electron chi connectivity index (χ4n) is 3.94. The molecule has 0 radical (unpaired) electrons. The van der Waals surface area contributed by atoms with Gasteiger partial charge in [0.1, 0.15) is 0 Å². The van der Waals surface area contributed by atoms with Gasteiger partial charge in [0, 0.05) is 39.6 Å². The standard InChI is InChI=1S/C18H33N7O2/c1-3-23-7-4-5-16(14-23)13-22(2)18(26)6-8-25-17(19-20-21-25)15-24-9-11-27-12-10-24/h16H,3-15H2,1-2H3. The summed E-state index contributed by atoms with van der Waals surface area (Å²) in [5, 5.41) is 12.0. The number of piperidine rings is 1. The number of tetrazole rings is 1. The van der Waals surface area contributed by atoms with Gasteiger partial charge >= 0.3 is 0 Å². The van der Waals surface area contributed by atoms with Crippen molar-refractivity contribution < 1.29 is 9.53 Å². The molecule has 1 aromatic heterocycles. The van der Waals surface area contributed by atoms with Gasteiger partial charge in [-0.25, -0.2) is 4.68 Å². The van der Waals surface area contributed by atoms with E-state index in [4.69, 9.17) is 4.74 Å². The van der Waals surface area contributed by atoms with Gasteiger partial charge in [-0.15, -0.1) is 5.10 Å². The molecule has 9 nitrogen and oxygen atoms in total. The maximum Gasteiger partial charge on any atom is 0.224 e. The van der Waals surface area contributed by atoms with Crippen molar-refractivity contribution in [2.45, 2.75) is 39.3 Å². The van der Waals surface area contributed by atoms with E-state index in [1.807, 2.05) is 11.9 Å². The van der Waals surface area contributed by atoms with Crippen molar-refractivity contribution in [2.75, 3.05) is 59.5 Å². The first kappa shape index (κ1) is 20.2. The molecule has 0 saturated carbocycles. The average Bonchev–Trinajstić information content (AvgIpc) is 3.14. The number of ether oxygens (including phenoxy) is 1. The van der Waals surface area contributed by atoms with Crippen molar-refractivity contribution in [1.82, 2.24) is 34.9 Å². The zero-order chi connectivity index (χ0) is 19.1. The molecule has 3 rings (SSSR count). The third-order valence-electron chi connectivity index (χ3n) is 5.62. The van der Waals surface area contributed by atoms with Crippen LogP contribution in [0.25, 0.3) is 0 Å². The van der Waals surface area contributed by atoms with E-state index in [1.165, 1.54) is 19.4 Å². The molecule has 1 unspecified atom stereocenters. The smallest absolute Gasteiger partial charge is 0.224 e. The number of amides is 1. The van der Waals surface area contributed by atoms with E-state index >= 15 is 0 Å². The molecule has 1 aromatic rings. The Morgan fingerprint density at radius 2 is 2.07 bits per heavy atom. The predicted molar refractivity (Wildman–Crippen MR) is 101 cm³/mol. The number of aryl methyl sites for hydroxylation is 1. The van der Waals surface area contributed by atoms with Crippen LogP contribution in [0.5, 0.6) is 0 Å². The van der Waals surface area contributed by atoms with Gasteiger partial charge in [-0.1, -0.05) is 6.92 Å². The van der Waals surface area contributed by atoms with Crippen LogP contribution in [0.4, 0.5) is 0 Å². The summed E-state index contributed by atoms with van der Waals surface area (Å²) in [7, 11) is 1.92. The Morgan fingerprint density at radius 1 is 1.26 bits per heavy atom. The summed E-state index contributed by atoms with van der Waals surface area (Å²) in [6, 6.07) is 0. The van der Waals surface area contributed by atoms with E-state index in [0.717, 1.165) is 51.8 Å². The summed E-state index contributed by atoms with van der Waals surface area (Å²) in [6.45, 7) is 11.0. The molecular formula is C18H33N7O2. The van der Waals surface area contributed by atoms with Gasteiger partial charge in [-0.2, -0.15) is 0 Å². The molecule has 2 saturated heterocycles. The summed E-state index contributed by atoms with van der Waals surface area (Å²) in [5.74, 6) is 1.56. The Hall–Kier alpha value is -1.58. The lowest BCUT2D eigenvalue weighted by molar-refractivity contribution is -0.131. The van der Waals surface area contributed by atoms with Gasteiger partial charge in [-0.3, -0.25) is 9.69 Å². The fourth-order valence-corrected chi connectivity index (χ4v) is 3.94. The zero-order valence-electron chi connectivity index (χ0n) is 16.7. The van der Waals surface area contributed by atoms with E-state index < -0.39 is 0 Å². The first-order valence-corrected chi connectivity index (χ1v) is 10.2. The second-order valence-electron chi connectivity index (χ2n) is 7.63. The summed E-state index contributed by atoms with van der Waals surface area (Å²) in [6.07, 6.45) is 2.88. The van der Waals surface area contributed by atoms with Gasteiger partial charge in [0.05, 0.1) is 26.3 Å². The van der Waals surface area contributed by atoms with Crippen LogP contribution in [-0.2, 0) is 22.6 Å². The Kier molecular flexibility index (Phi) is 7.54. The van der Waals surface area contributed by atoms with Crippen molar-refractivity contribution in [3.63, 3.8) is 0 Å². The normalized spacial score (nSPS) is 22.1. The number of hydrogen-bond donors (Lipinski definition) is 0. The van der Waals surface area contributed by atoms with E-state index in [0.29, 0.717) is 25.4 Å². The molecular weight excluding hydrogens is 346 g/mol. The lowest BCUT2D eigenvalue weighted by Gasteiger charge is -2.34. The molecule has 152 valence electrons. The third kappa shape index (κ3) is 5.95. The highest BCUT2D eigenvalue weighted by Crippen LogP contribution is 2.17. The molecule has 0 aromatic carbocycles. The average molecular weight is 380 g/mol. The van der Waals surface area contributed by atoms with Gasteiger partial charge in [0.25, 0.3) is 0 Å². The molecule has 2 aliphatic heterocycles. The quantitative estimate of drug-likeness (QED) is 0.633. The number of morpholine rings is 1. The van der Waals surface area contributed by atoms with Crippen LogP contribution in [0.1, 0.15) is 32.0 Å². The van der Waals surface area contributed by atoms with Crippen molar-refractivity contribution in [3.8, 4) is 0 Å².